The molecule has 0 saturated carbocycles. The van der Waals surface area contributed by atoms with Gasteiger partial charge < -0.3 is 0 Å². The molecule has 2 aromatic rings. The molecule has 126 valence electrons. The van der Waals surface area contributed by atoms with Crippen molar-refractivity contribution in [1.82, 2.24) is 9.80 Å². The Morgan fingerprint density at radius 1 is 0.920 bits per heavy atom. The second-order valence-electron chi connectivity index (χ2n) is 6.68. The van der Waals surface area contributed by atoms with Crippen LogP contribution in [0.15, 0.2) is 48.5 Å². The standard InChI is InChI=1S/C21H22N4/c1-17-14-24(15-20-6-2-4-18(10-20)12-22)8-9-25(17)16-21-7-3-5-19(11-21)13-23/h2-7,10-11,17H,8-9,14-16H2,1H3. The summed E-state index contributed by atoms with van der Waals surface area (Å²) in [7, 11) is 0. The van der Waals surface area contributed by atoms with Crippen LogP contribution in [0.25, 0.3) is 0 Å². The Kier molecular flexibility index (Phi) is 5.46. The molecule has 4 nitrogen and oxygen atoms in total. The second-order valence-corrected chi connectivity index (χ2v) is 6.68. The molecule has 2 aromatic carbocycles. The summed E-state index contributed by atoms with van der Waals surface area (Å²) < 4.78 is 0. The number of benzene rings is 2. The van der Waals surface area contributed by atoms with Crippen molar-refractivity contribution < 1.29 is 0 Å². The van der Waals surface area contributed by atoms with Gasteiger partial charge in [0.1, 0.15) is 0 Å². The quantitative estimate of drug-likeness (QED) is 0.864. The predicted octanol–water partition coefficient (Wildman–Crippen LogP) is 3.14. The van der Waals surface area contributed by atoms with E-state index in [0.717, 1.165) is 43.9 Å². The van der Waals surface area contributed by atoms with Crippen molar-refractivity contribution in [3.05, 3.63) is 70.8 Å². The Bertz CT molecular complexity index is 815. The van der Waals surface area contributed by atoms with Gasteiger partial charge in [0.25, 0.3) is 0 Å². The SMILES string of the molecule is CC1CN(Cc2cccc(C#N)c2)CCN1Cc1cccc(C#N)c1. The fraction of sp³-hybridized carbons (Fsp3) is 0.333. The maximum atomic E-state index is 9.04. The zero-order valence-electron chi connectivity index (χ0n) is 14.5. The Labute approximate surface area is 149 Å². The summed E-state index contributed by atoms with van der Waals surface area (Å²) in [5, 5.41) is 18.1. The fourth-order valence-corrected chi connectivity index (χ4v) is 3.42. The molecule has 4 heteroatoms. The molecule has 0 aromatic heterocycles. The molecule has 1 fully saturated rings. The van der Waals surface area contributed by atoms with Crippen molar-refractivity contribution >= 4 is 0 Å². The third-order valence-electron chi connectivity index (χ3n) is 4.75. The Morgan fingerprint density at radius 2 is 1.52 bits per heavy atom. The summed E-state index contributed by atoms with van der Waals surface area (Å²) in [5.74, 6) is 0. The lowest BCUT2D eigenvalue weighted by molar-refractivity contribution is 0.0733. The molecule has 0 bridgehead atoms. The summed E-state index contributed by atoms with van der Waals surface area (Å²) in [5.41, 5.74) is 3.84. The molecule has 3 rings (SSSR count). The molecular weight excluding hydrogens is 308 g/mol. The predicted molar refractivity (Wildman–Crippen MR) is 97.5 cm³/mol. The van der Waals surface area contributed by atoms with Crippen LogP contribution in [0.4, 0.5) is 0 Å². The van der Waals surface area contributed by atoms with Crippen LogP contribution in [0, 0.1) is 22.7 Å². The molecule has 1 heterocycles. The van der Waals surface area contributed by atoms with Crippen molar-refractivity contribution in [3.8, 4) is 12.1 Å². The van der Waals surface area contributed by atoms with Crippen molar-refractivity contribution in [1.29, 1.82) is 10.5 Å². The highest BCUT2D eigenvalue weighted by molar-refractivity contribution is 5.33. The van der Waals surface area contributed by atoms with Crippen LogP contribution in [0.2, 0.25) is 0 Å². The van der Waals surface area contributed by atoms with Crippen LogP contribution in [-0.2, 0) is 13.1 Å². The molecule has 1 aliphatic heterocycles. The van der Waals surface area contributed by atoms with E-state index in [4.69, 9.17) is 10.5 Å². The van der Waals surface area contributed by atoms with Crippen LogP contribution in [0.5, 0.6) is 0 Å². The molecular formula is C21H22N4. The zero-order valence-corrected chi connectivity index (χ0v) is 14.5. The van der Waals surface area contributed by atoms with Crippen molar-refractivity contribution in [2.75, 3.05) is 19.6 Å². The van der Waals surface area contributed by atoms with E-state index in [1.165, 1.54) is 11.1 Å². The van der Waals surface area contributed by atoms with E-state index >= 15 is 0 Å². The zero-order chi connectivity index (χ0) is 17.6. The van der Waals surface area contributed by atoms with Gasteiger partial charge in [-0.1, -0.05) is 24.3 Å². The van der Waals surface area contributed by atoms with Gasteiger partial charge in [-0.3, -0.25) is 9.80 Å². The smallest absolute Gasteiger partial charge is 0.0991 e. The van der Waals surface area contributed by atoms with Gasteiger partial charge in [-0.15, -0.1) is 0 Å². The van der Waals surface area contributed by atoms with Crippen molar-refractivity contribution in [3.63, 3.8) is 0 Å². The van der Waals surface area contributed by atoms with Crippen LogP contribution in [0.3, 0.4) is 0 Å². The van der Waals surface area contributed by atoms with Crippen LogP contribution in [-0.4, -0.2) is 35.5 Å². The molecule has 0 radical (unpaired) electrons. The van der Waals surface area contributed by atoms with E-state index in [2.05, 4.69) is 41.0 Å². The van der Waals surface area contributed by atoms with E-state index in [1.54, 1.807) is 0 Å². The summed E-state index contributed by atoms with van der Waals surface area (Å²) in [6.07, 6.45) is 0. The monoisotopic (exact) mass is 330 g/mol. The molecule has 1 unspecified atom stereocenters. The Hall–Kier alpha value is -2.66. The number of piperazine rings is 1. The highest BCUT2D eigenvalue weighted by atomic mass is 15.3. The summed E-state index contributed by atoms with van der Waals surface area (Å²) in [6, 6.07) is 20.6. The Balaban J connectivity index is 1.58. The highest BCUT2D eigenvalue weighted by Gasteiger charge is 2.23. The number of hydrogen-bond acceptors (Lipinski definition) is 4. The topological polar surface area (TPSA) is 54.1 Å². The summed E-state index contributed by atoms with van der Waals surface area (Å²) >= 11 is 0. The third-order valence-corrected chi connectivity index (χ3v) is 4.75. The van der Waals surface area contributed by atoms with Gasteiger partial charge >= 0.3 is 0 Å². The van der Waals surface area contributed by atoms with E-state index in [-0.39, 0.29) is 0 Å². The van der Waals surface area contributed by atoms with Crippen LogP contribution in [0.1, 0.15) is 29.2 Å². The first kappa shape index (κ1) is 17.2. The van der Waals surface area contributed by atoms with Crippen molar-refractivity contribution in [2.45, 2.75) is 26.1 Å². The van der Waals surface area contributed by atoms with Gasteiger partial charge in [0, 0.05) is 38.8 Å². The Morgan fingerprint density at radius 3 is 2.08 bits per heavy atom. The molecule has 0 N–H and O–H groups in total. The minimum Gasteiger partial charge on any atom is -0.296 e. The lowest BCUT2D eigenvalue weighted by Crippen LogP contribution is -2.50. The van der Waals surface area contributed by atoms with E-state index in [0.29, 0.717) is 6.04 Å². The van der Waals surface area contributed by atoms with Gasteiger partial charge in [0.05, 0.1) is 23.3 Å². The second kappa shape index (κ2) is 7.94. The molecule has 1 atom stereocenters. The van der Waals surface area contributed by atoms with Crippen LogP contribution < -0.4 is 0 Å². The number of hydrogen-bond donors (Lipinski definition) is 0. The van der Waals surface area contributed by atoms with Gasteiger partial charge in [0.15, 0.2) is 0 Å². The maximum Gasteiger partial charge on any atom is 0.0991 e. The lowest BCUT2D eigenvalue weighted by atomic mass is 10.1. The number of nitriles is 2. The maximum absolute atomic E-state index is 9.04. The third kappa shape index (κ3) is 4.45. The molecule has 0 aliphatic carbocycles. The molecule has 1 aliphatic rings. The fourth-order valence-electron chi connectivity index (χ4n) is 3.42. The first-order chi connectivity index (χ1) is 12.2. The van der Waals surface area contributed by atoms with Gasteiger partial charge in [-0.25, -0.2) is 0 Å². The minimum atomic E-state index is 0.457. The molecule has 0 spiro atoms. The highest BCUT2D eigenvalue weighted by Crippen LogP contribution is 2.17. The van der Waals surface area contributed by atoms with Gasteiger partial charge in [-0.2, -0.15) is 10.5 Å². The van der Waals surface area contributed by atoms with E-state index in [9.17, 15) is 0 Å². The first-order valence-electron chi connectivity index (χ1n) is 8.62. The normalized spacial score (nSPS) is 18.4. The van der Waals surface area contributed by atoms with E-state index < -0.39 is 0 Å². The van der Waals surface area contributed by atoms with Crippen LogP contribution >= 0.6 is 0 Å². The number of nitrogens with zero attached hydrogens (tertiary/aromatic N) is 4. The van der Waals surface area contributed by atoms with Gasteiger partial charge in [-0.05, 0) is 42.3 Å². The van der Waals surface area contributed by atoms with Gasteiger partial charge in [0.2, 0.25) is 0 Å². The minimum absolute atomic E-state index is 0.457. The average molecular weight is 330 g/mol. The lowest BCUT2D eigenvalue weighted by Gasteiger charge is -2.40. The van der Waals surface area contributed by atoms with Crippen molar-refractivity contribution in [2.24, 2.45) is 0 Å². The summed E-state index contributed by atoms with van der Waals surface area (Å²) in [6.45, 7) is 7.06. The molecule has 0 amide bonds. The summed E-state index contributed by atoms with van der Waals surface area (Å²) in [4.78, 5) is 4.92. The average Bonchev–Trinajstić information content (AvgIpc) is 2.64. The number of rotatable bonds is 4. The first-order valence-corrected chi connectivity index (χ1v) is 8.62. The largest absolute Gasteiger partial charge is 0.296 e. The van der Waals surface area contributed by atoms with E-state index in [1.807, 2.05) is 36.4 Å². The molecule has 25 heavy (non-hydrogen) atoms. The molecule has 1 saturated heterocycles.